The van der Waals surface area contributed by atoms with Crippen molar-refractivity contribution in [2.24, 2.45) is 0 Å². The van der Waals surface area contributed by atoms with Crippen LogP contribution < -0.4 is 16.0 Å². The third-order valence-electron chi connectivity index (χ3n) is 4.93. The second kappa shape index (κ2) is 15.6. The molecule has 11 nitrogen and oxygen atoms in total. The molecule has 0 fully saturated rings. The van der Waals surface area contributed by atoms with Crippen LogP contribution in [0.25, 0.3) is 0 Å². The zero-order valence-corrected chi connectivity index (χ0v) is 25.5. The highest BCUT2D eigenvalue weighted by Gasteiger charge is 2.30. The number of aliphatic carboxylic acids is 1. The number of carboxylic acids is 1. The molecule has 0 saturated carbocycles. The van der Waals surface area contributed by atoms with Gasteiger partial charge in [0, 0.05) is 22.1 Å². The average molecular weight is 662 g/mol. The van der Waals surface area contributed by atoms with Crippen LogP contribution in [0.5, 0.6) is 0 Å². The molecule has 1 aromatic carbocycles. The minimum atomic E-state index is -1.23. The van der Waals surface area contributed by atoms with E-state index in [0.717, 1.165) is 3.57 Å². The molecule has 0 saturated heterocycles. The number of unbranched alkanes of at least 4 members (excludes halogenated alkanes) is 1. The summed E-state index contributed by atoms with van der Waals surface area (Å²) in [5.74, 6) is -2.77. The number of hydrogen-bond acceptors (Lipinski definition) is 7. The second-order valence-electron chi connectivity index (χ2n) is 11.0. The van der Waals surface area contributed by atoms with Crippen LogP contribution >= 0.6 is 22.6 Å². The van der Waals surface area contributed by atoms with Crippen LogP contribution in [-0.2, 0) is 23.9 Å². The average Bonchev–Trinajstić information content (AvgIpc) is 2.78. The Bertz CT molecular complexity index is 1020. The number of esters is 2. The number of benzene rings is 1. The van der Waals surface area contributed by atoms with Gasteiger partial charge in [-0.05, 0) is 108 Å². The zero-order valence-electron chi connectivity index (χ0n) is 23.4. The fraction of sp³-hybridized carbons (Fsp3) is 0.593. The van der Waals surface area contributed by atoms with Gasteiger partial charge < -0.3 is 30.5 Å². The van der Waals surface area contributed by atoms with Crippen molar-refractivity contribution in [1.29, 1.82) is 0 Å². The lowest BCUT2D eigenvalue weighted by molar-refractivity contribution is -0.158. The standard InChI is InChI=1S/C27H40IN3O8/c1-26(2,3)38-23(35)19(12-7-8-15-29-22(34)17-10-9-11-18(28)16-17)30-25(37)31-20(13-14-21(32)33)24(36)39-27(4,5)6/h9-11,16,19-20H,7-8,12-15H2,1-6H3,(H,29,34)(H,32,33)(H2,30,31,37). The molecule has 2 unspecified atom stereocenters. The number of rotatable bonds is 13. The van der Waals surface area contributed by atoms with E-state index in [0.29, 0.717) is 24.9 Å². The normalized spacial score (nSPS) is 13.0. The summed E-state index contributed by atoms with van der Waals surface area (Å²) in [6.45, 7) is 10.4. The summed E-state index contributed by atoms with van der Waals surface area (Å²) in [4.78, 5) is 61.5. The molecule has 0 heterocycles. The minimum absolute atomic E-state index is 0.186. The summed E-state index contributed by atoms with van der Waals surface area (Å²) >= 11 is 2.13. The molecular formula is C27H40IN3O8. The Morgan fingerprint density at radius 1 is 0.872 bits per heavy atom. The van der Waals surface area contributed by atoms with Crippen LogP contribution in [0, 0.1) is 3.57 Å². The third kappa shape index (κ3) is 15.3. The SMILES string of the molecule is CC(C)(C)OC(=O)C(CCCCNC(=O)c1cccc(I)c1)NC(=O)NC(CCC(=O)O)C(=O)OC(C)(C)C. The number of carbonyl (C=O) groups excluding carboxylic acids is 4. The van der Waals surface area contributed by atoms with Crippen molar-refractivity contribution >= 4 is 52.4 Å². The van der Waals surface area contributed by atoms with Gasteiger partial charge in [0.1, 0.15) is 23.3 Å². The number of ether oxygens (including phenoxy) is 2. The Morgan fingerprint density at radius 2 is 1.41 bits per heavy atom. The van der Waals surface area contributed by atoms with Gasteiger partial charge in [-0.2, -0.15) is 0 Å². The van der Waals surface area contributed by atoms with E-state index < -0.39 is 47.2 Å². The van der Waals surface area contributed by atoms with Crippen molar-refractivity contribution in [3.05, 3.63) is 33.4 Å². The van der Waals surface area contributed by atoms with Gasteiger partial charge in [-0.15, -0.1) is 0 Å². The molecule has 0 spiro atoms. The van der Waals surface area contributed by atoms with Crippen LogP contribution in [0.15, 0.2) is 24.3 Å². The Labute approximate surface area is 243 Å². The number of carbonyl (C=O) groups is 5. The Morgan fingerprint density at radius 3 is 1.90 bits per heavy atom. The van der Waals surface area contributed by atoms with Crippen LogP contribution in [0.2, 0.25) is 0 Å². The molecular weight excluding hydrogens is 621 g/mol. The van der Waals surface area contributed by atoms with Crippen molar-refractivity contribution in [1.82, 2.24) is 16.0 Å². The lowest BCUT2D eigenvalue weighted by Crippen LogP contribution is -2.53. The van der Waals surface area contributed by atoms with Crippen LogP contribution in [0.4, 0.5) is 4.79 Å². The predicted octanol–water partition coefficient (Wildman–Crippen LogP) is 3.78. The van der Waals surface area contributed by atoms with Gasteiger partial charge in [-0.25, -0.2) is 14.4 Å². The van der Waals surface area contributed by atoms with Gasteiger partial charge in [0.25, 0.3) is 5.91 Å². The molecule has 0 aromatic heterocycles. The molecule has 0 bridgehead atoms. The fourth-order valence-corrected chi connectivity index (χ4v) is 3.82. The molecule has 12 heteroatoms. The number of carboxylic acid groups (broad SMARTS) is 1. The van der Waals surface area contributed by atoms with Crippen molar-refractivity contribution in [2.45, 2.75) is 96.9 Å². The van der Waals surface area contributed by atoms with Crippen molar-refractivity contribution in [2.75, 3.05) is 6.54 Å². The topological polar surface area (TPSA) is 160 Å². The Hall–Kier alpha value is -2.90. The molecule has 3 amide bonds. The lowest BCUT2D eigenvalue weighted by atomic mass is 10.1. The molecule has 0 radical (unpaired) electrons. The minimum Gasteiger partial charge on any atom is -0.481 e. The molecule has 1 aromatic rings. The molecule has 0 aliphatic heterocycles. The molecule has 2 atom stereocenters. The molecule has 0 aliphatic carbocycles. The van der Waals surface area contributed by atoms with E-state index in [2.05, 4.69) is 38.5 Å². The first-order valence-corrected chi connectivity index (χ1v) is 13.8. The summed E-state index contributed by atoms with van der Waals surface area (Å²) in [5, 5.41) is 16.8. The van der Waals surface area contributed by atoms with E-state index >= 15 is 0 Å². The smallest absolute Gasteiger partial charge is 0.329 e. The Balaban J connectivity index is 2.78. The van der Waals surface area contributed by atoms with Gasteiger partial charge in [0.2, 0.25) is 0 Å². The first-order chi connectivity index (χ1) is 18.0. The highest BCUT2D eigenvalue weighted by Crippen LogP contribution is 2.13. The van der Waals surface area contributed by atoms with Gasteiger partial charge >= 0.3 is 23.9 Å². The van der Waals surface area contributed by atoms with Gasteiger partial charge in [-0.3, -0.25) is 9.59 Å². The summed E-state index contributed by atoms with van der Waals surface area (Å²) in [6, 6.07) is 4.09. The maximum Gasteiger partial charge on any atom is 0.329 e. The zero-order chi connectivity index (χ0) is 29.8. The van der Waals surface area contributed by atoms with Crippen LogP contribution in [0.1, 0.15) is 84.0 Å². The van der Waals surface area contributed by atoms with Crippen LogP contribution in [0.3, 0.4) is 0 Å². The van der Waals surface area contributed by atoms with Crippen molar-refractivity contribution in [3.63, 3.8) is 0 Å². The van der Waals surface area contributed by atoms with E-state index in [1.165, 1.54) is 0 Å². The number of nitrogens with one attached hydrogen (secondary N) is 3. The monoisotopic (exact) mass is 661 g/mol. The molecule has 0 aliphatic rings. The largest absolute Gasteiger partial charge is 0.481 e. The molecule has 4 N–H and O–H groups in total. The van der Waals surface area contributed by atoms with E-state index in [-0.39, 0.29) is 25.2 Å². The highest BCUT2D eigenvalue weighted by atomic mass is 127. The summed E-state index contributed by atoms with van der Waals surface area (Å²) in [5.41, 5.74) is -1.09. The first-order valence-electron chi connectivity index (χ1n) is 12.7. The van der Waals surface area contributed by atoms with E-state index in [1.54, 1.807) is 59.7 Å². The van der Waals surface area contributed by atoms with Crippen molar-refractivity contribution in [3.8, 4) is 0 Å². The number of urea groups is 1. The lowest BCUT2D eigenvalue weighted by Gasteiger charge is -2.27. The van der Waals surface area contributed by atoms with E-state index in [4.69, 9.17) is 14.6 Å². The molecule has 218 valence electrons. The van der Waals surface area contributed by atoms with Gasteiger partial charge in [0.05, 0.1) is 0 Å². The van der Waals surface area contributed by atoms with Crippen molar-refractivity contribution < 1.29 is 38.6 Å². The third-order valence-corrected chi connectivity index (χ3v) is 5.60. The Kier molecular flexibility index (Phi) is 13.7. The number of hydrogen-bond donors (Lipinski definition) is 4. The maximum absolute atomic E-state index is 12.8. The van der Waals surface area contributed by atoms with Gasteiger partial charge in [0.15, 0.2) is 0 Å². The summed E-state index contributed by atoms with van der Waals surface area (Å²) < 4.78 is 11.7. The quantitative estimate of drug-likeness (QED) is 0.141. The predicted molar refractivity (Wildman–Crippen MR) is 153 cm³/mol. The van der Waals surface area contributed by atoms with Gasteiger partial charge in [-0.1, -0.05) is 6.07 Å². The number of halogens is 1. The van der Waals surface area contributed by atoms with E-state index in [1.807, 2.05) is 6.07 Å². The molecule has 1 rings (SSSR count). The maximum atomic E-state index is 12.8. The first kappa shape index (κ1) is 34.1. The van der Waals surface area contributed by atoms with Crippen LogP contribution in [-0.4, -0.2) is 64.8 Å². The summed E-state index contributed by atoms with van der Waals surface area (Å²) in [6.07, 6.45) is 0.679. The highest BCUT2D eigenvalue weighted by molar-refractivity contribution is 14.1. The second-order valence-corrected chi connectivity index (χ2v) is 12.2. The fourth-order valence-electron chi connectivity index (χ4n) is 3.28. The molecule has 39 heavy (non-hydrogen) atoms. The number of amides is 3. The van der Waals surface area contributed by atoms with E-state index in [9.17, 15) is 24.0 Å². The summed E-state index contributed by atoms with van der Waals surface area (Å²) in [7, 11) is 0.